The molecule has 1 aromatic rings. The van der Waals surface area contributed by atoms with Gasteiger partial charge in [-0.1, -0.05) is 15.9 Å². The molecule has 22 heavy (non-hydrogen) atoms. The average molecular weight is 373 g/mol. The molecule has 0 N–H and O–H groups in total. The summed E-state index contributed by atoms with van der Waals surface area (Å²) in [6, 6.07) is 5.47. The lowest BCUT2D eigenvalue weighted by molar-refractivity contribution is -0.123. The molecule has 124 valence electrons. The molecule has 0 saturated carbocycles. The number of hydrogen-bond donors (Lipinski definition) is 0. The molecule has 0 fully saturated rings. The van der Waals surface area contributed by atoms with Crippen molar-refractivity contribution in [2.24, 2.45) is 0 Å². The lowest BCUT2D eigenvalue weighted by Gasteiger charge is -2.15. The first kappa shape index (κ1) is 20.8. The van der Waals surface area contributed by atoms with E-state index in [0.717, 1.165) is 17.7 Å². The molecular formula is C17H25BrO4. The normalized spacial score (nSPS) is 12.3. The van der Waals surface area contributed by atoms with Gasteiger partial charge in [-0.25, -0.2) is 0 Å². The molecule has 1 aliphatic rings. The van der Waals surface area contributed by atoms with Crippen LogP contribution in [0, 0.1) is 0 Å². The van der Waals surface area contributed by atoms with Crippen molar-refractivity contribution < 1.29 is 19.0 Å². The fourth-order valence-electron chi connectivity index (χ4n) is 1.75. The molecule has 1 aromatic carbocycles. The van der Waals surface area contributed by atoms with Gasteiger partial charge in [0.1, 0.15) is 5.75 Å². The fourth-order valence-corrected chi connectivity index (χ4v) is 2.09. The van der Waals surface area contributed by atoms with E-state index in [1.165, 1.54) is 0 Å². The molecular weight excluding hydrogens is 348 g/mol. The van der Waals surface area contributed by atoms with E-state index < -0.39 is 0 Å². The minimum absolute atomic E-state index is 0.0370. The fraction of sp³-hybridized carbons (Fsp3) is 0.471. The number of Topliss-reactive ketones (excluding diaryl/α,β-unsaturated/α-hetero) is 1. The second-order valence-electron chi connectivity index (χ2n) is 4.14. The largest absolute Gasteiger partial charge is 0.492 e. The number of ether oxygens (including phenoxy) is 3. The van der Waals surface area contributed by atoms with Gasteiger partial charge in [-0.2, -0.15) is 0 Å². The van der Waals surface area contributed by atoms with E-state index in [1.807, 2.05) is 32.9 Å². The average Bonchev–Trinajstić information content (AvgIpc) is 2.50. The van der Waals surface area contributed by atoms with Crippen LogP contribution >= 0.6 is 15.9 Å². The molecule has 0 unspecified atom stereocenters. The van der Waals surface area contributed by atoms with Crippen LogP contribution in [0.5, 0.6) is 5.75 Å². The van der Waals surface area contributed by atoms with E-state index in [4.69, 9.17) is 14.2 Å². The van der Waals surface area contributed by atoms with Gasteiger partial charge < -0.3 is 14.2 Å². The smallest absolute Gasteiger partial charge is 0.169 e. The Bertz CT molecular complexity index is 442. The quantitative estimate of drug-likeness (QED) is 0.571. The summed E-state index contributed by atoms with van der Waals surface area (Å²) in [5.74, 6) is 0.865. The van der Waals surface area contributed by atoms with Gasteiger partial charge in [0.05, 0.1) is 12.2 Å². The van der Waals surface area contributed by atoms with Crippen molar-refractivity contribution in [1.82, 2.24) is 0 Å². The van der Waals surface area contributed by atoms with Crippen molar-refractivity contribution >= 4 is 21.7 Å². The Labute approximate surface area is 141 Å². The van der Waals surface area contributed by atoms with E-state index in [1.54, 1.807) is 6.07 Å². The number of ketones is 1. The molecule has 5 heteroatoms. The SMILES string of the molecule is C=C.CCOC(C)OCC.O=C1CCOc2cc(Br)ccc21. The van der Waals surface area contributed by atoms with Gasteiger partial charge in [0.25, 0.3) is 0 Å². The van der Waals surface area contributed by atoms with Crippen LogP contribution in [0.25, 0.3) is 0 Å². The third-order valence-corrected chi connectivity index (χ3v) is 3.13. The molecule has 0 amide bonds. The van der Waals surface area contributed by atoms with Crippen molar-refractivity contribution in [2.75, 3.05) is 19.8 Å². The summed E-state index contributed by atoms with van der Waals surface area (Å²) in [4.78, 5) is 11.3. The third-order valence-electron chi connectivity index (χ3n) is 2.63. The molecule has 1 heterocycles. The first-order valence-corrected chi connectivity index (χ1v) is 8.06. The van der Waals surface area contributed by atoms with Crippen molar-refractivity contribution in [3.05, 3.63) is 41.4 Å². The van der Waals surface area contributed by atoms with Gasteiger partial charge in [-0.05, 0) is 39.0 Å². The van der Waals surface area contributed by atoms with Crippen LogP contribution in [-0.2, 0) is 9.47 Å². The standard InChI is InChI=1S/C9H7BrO2.C6H14O2.C2H4/c10-6-1-2-7-8(11)3-4-12-9(7)5-6;1-4-7-6(3)8-5-2;1-2/h1-2,5H,3-4H2;6H,4-5H2,1-3H3;1-2H2. The predicted octanol–water partition coefficient (Wildman–Crippen LogP) is 4.62. The van der Waals surface area contributed by atoms with Crippen molar-refractivity contribution in [3.8, 4) is 5.75 Å². The monoisotopic (exact) mass is 372 g/mol. The maximum atomic E-state index is 11.3. The Morgan fingerprint density at radius 3 is 2.41 bits per heavy atom. The molecule has 0 atom stereocenters. The van der Waals surface area contributed by atoms with E-state index >= 15 is 0 Å². The van der Waals surface area contributed by atoms with Gasteiger partial charge >= 0.3 is 0 Å². The van der Waals surface area contributed by atoms with Crippen LogP contribution in [0.3, 0.4) is 0 Å². The van der Waals surface area contributed by atoms with Crippen LogP contribution < -0.4 is 4.74 Å². The van der Waals surface area contributed by atoms with Crippen molar-refractivity contribution in [1.29, 1.82) is 0 Å². The Hall–Kier alpha value is -1.17. The molecule has 0 bridgehead atoms. The summed E-state index contributed by atoms with van der Waals surface area (Å²) < 4.78 is 16.4. The molecule has 1 aliphatic heterocycles. The molecule has 0 saturated heterocycles. The van der Waals surface area contributed by atoms with E-state index in [-0.39, 0.29) is 12.1 Å². The predicted molar refractivity (Wildman–Crippen MR) is 92.6 cm³/mol. The summed E-state index contributed by atoms with van der Waals surface area (Å²) in [7, 11) is 0. The van der Waals surface area contributed by atoms with Crippen LogP contribution in [0.2, 0.25) is 0 Å². The molecule has 0 aliphatic carbocycles. The minimum atomic E-state index is -0.0370. The van der Waals surface area contributed by atoms with Crippen LogP contribution in [0.1, 0.15) is 37.6 Å². The second kappa shape index (κ2) is 12.4. The number of hydrogen-bond acceptors (Lipinski definition) is 4. The van der Waals surface area contributed by atoms with Gasteiger partial charge in [0.15, 0.2) is 12.1 Å². The summed E-state index contributed by atoms with van der Waals surface area (Å²) in [6.45, 7) is 13.8. The van der Waals surface area contributed by atoms with Crippen LogP contribution in [-0.4, -0.2) is 31.9 Å². The highest BCUT2D eigenvalue weighted by Crippen LogP contribution is 2.27. The number of rotatable bonds is 4. The van der Waals surface area contributed by atoms with Crippen LogP contribution in [0.15, 0.2) is 35.8 Å². The van der Waals surface area contributed by atoms with Crippen LogP contribution in [0.4, 0.5) is 0 Å². The summed E-state index contributed by atoms with van der Waals surface area (Å²) in [5.41, 5.74) is 0.699. The minimum Gasteiger partial charge on any atom is -0.492 e. The lowest BCUT2D eigenvalue weighted by atomic mass is 10.1. The Morgan fingerprint density at radius 1 is 1.27 bits per heavy atom. The van der Waals surface area contributed by atoms with Gasteiger partial charge in [0.2, 0.25) is 0 Å². The zero-order chi connectivity index (χ0) is 17.0. The Morgan fingerprint density at radius 2 is 1.86 bits per heavy atom. The number of carbonyl (C=O) groups is 1. The highest BCUT2D eigenvalue weighted by Gasteiger charge is 2.17. The molecule has 2 rings (SSSR count). The van der Waals surface area contributed by atoms with E-state index in [0.29, 0.717) is 24.3 Å². The topological polar surface area (TPSA) is 44.8 Å². The Kier molecular flexibility index (Phi) is 11.7. The Balaban J connectivity index is 0.000000388. The summed E-state index contributed by atoms with van der Waals surface area (Å²) >= 11 is 3.32. The number of fused-ring (bicyclic) bond motifs is 1. The summed E-state index contributed by atoms with van der Waals surface area (Å²) in [6.07, 6.45) is 0.458. The third kappa shape index (κ3) is 7.73. The highest BCUT2D eigenvalue weighted by molar-refractivity contribution is 9.10. The van der Waals surface area contributed by atoms with Crippen molar-refractivity contribution in [3.63, 3.8) is 0 Å². The zero-order valence-corrected chi connectivity index (χ0v) is 15.1. The van der Waals surface area contributed by atoms with Gasteiger partial charge in [-0.15, -0.1) is 13.2 Å². The number of benzene rings is 1. The number of carbonyl (C=O) groups excluding carboxylic acids is 1. The maximum absolute atomic E-state index is 11.3. The first-order valence-electron chi connectivity index (χ1n) is 7.27. The maximum Gasteiger partial charge on any atom is 0.169 e. The summed E-state index contributed by atoms with van der Waals surface area (Å²) in [5, 5.41) is 0. The highest BCUT2D eigenvalue weighted by atomic mass is 79.9. The molecule has 4 nitrogen and oxygen atoms in total. The first-order chi connectivity index (χ1) is 10.6. The number of halogens is 1. The lowest BCUT2D eigenvalue weighted by Crippen LogP contribution is -2.14. The molecule has 0 radical (unpaired) electrons. The second-order valence-corrected chi connectivity index (χ2v) is 5.06. The van der Waals surface area contributed by atoms with E-state index in [2.05, 4.69) is 29.1 Å². The van der Waals surface area contributed by atoms with Gasteiger partial charge in [0, 0.05) is 24.1 Å². The zero-order valence-electron chi connectivity index (χ0n) is 13.6. The van der Waals surface area contributed by atoms with Gasteiger partial charge in [-0.3, -0.25) is 4.79 Å². The van der Waals surface area contributed by atoms with Crippen molar-refractivity contribution in [2.45, 2.75) is 33.5 Å². The molecule has 0 aromatic heterocycles. The van der Waals surface area contributed by atoms with E-state index in [9.17, 15) is 4.79 Å². The molecule has 0 spiro atoms.